The zero-order chi connectivity index (χ0) is 20.5. The number of fused-ring (bicyclic) bond motifs is 2. The molecule has 9 heteroatoms. The maximum atomic E-state index is 12.6. The Morgan fingerprint density at radius 1 is 1.03 bits per heavy atom. The van der Waals surface area contributed by atoms with E-state index in [0.717, 1.165) is 48.7 Å². The van der Waals surface area contributed by atoms with Crippen molar-refractivity contribution >= 4 is 27.9 Å². The van der Waals surface area contributed by atoms with Crippen LogP contribution in [-0.2, 0) is 11.3 Å². The molecular formula is C21H23N7O2. The number of nitrogens with zero attached hydrogens (tertiary/aromatic N) is 7. The number of benzene rings is 1. The lowest BCUT2D eigenvalue weighted by molar-refractivity contribution is 0.186. The highest BCUT2D eigenvalue weighted by Gasteiger charge is 2.21. The molecule has 0 aliphatic carbocycles. The Labute approximate surface area is 173 Å². The van der Waals surface area contributed by atoms with E-state index in [1.54, 1.807) is 30.4 Å². The van der Waals surface area contributed by atoms with Crippen LogP contribution in [0.4, 0.5) is 11.5 Å². The monoisotopic (exact) mass is 405 g/mol. The summed E-state index contributed by atoms with van der Waals surface area (Å²) in [5.41, 5.74) is 2.79. The first-order valence-electron chi connectivity index (χ1n) is 10.0. The van der Waals surface area contributed by atoms with Gasteiger partial charge in [0, 0.05) is 51.4 Å². The summed E-state index contributed by atoms with van der Waals surface area (Å²) in [6, 6.07) is 7.88. The molecule has 0 saturated carbocycles. The van der Waals surface area contributed by atoms with E-state index in [4.69, 9.17) is 4.74 Å². The van der Waals surface area contributed by atoms with Crippen LogP contribution in [0.3, 0.4) is 0 Å². The predicted molar refractivity (Wildman–Crippen MR) is 115 cm³/mol. The second-order valence-electron chi connectivity index (χ2n) is 7.32. The van der Waals surface area contributed by atoms with E-state index in [1.165, 1.54) is 0 Å². The molecule has 154 valence electrons. The van der Waals surface area contributed by atoms with Crippen molar-refractivity contribution in [3.05, 3.63) is 59.5 Å². The lowest BCUT2D eigenvalue weighted by Gasteiger charge is -2.36. The summed E-state index contributed by atoms with van der Waals surface area (Å²) in [4.78, 5) is 26.3. The maximum absolute atomic E-state index is 12.6. The Hall–Kier alpha value is -3.46. The van der Waals surface area contributed by atoms with Crippen molar-refractivity contribution in [1.29, 1.82) is 0 Å². The number of ether oxygens (including phenoxy) is 1. The molecule has 0 bridgehead atoms. The summed E-state index contributed by atoms with van der Waals surface area (Å²) < 4.78 is 8.51. The number of piperazine rings is 1. The first kappa shape index (κ1) is 18.6. The first-order chi connectivity index (χ1) is 14.7. The lowest BCUT2D eigenvalue weighted by Crippen LogP contribution is -2.47. The Morgan fingerprint density at radius 3 is 2.70 bits per heavy atom. The van der Waals surface area contributed by atoms with Crippen LogP contribution in [0.5, 0.6) is 0 Å². The van der Waals surface area contributed by atoms with Gasteiger partial charge in [-0.05, 0) is 24.3 Å². The molecule has 4 aromatic rings. The van der Waals surface area contributed by atoms with Gasteiger partial charge in [0.15, 0.2) is 5.82 Å². The predicted octanol–water partition coefficient (Wildman–Crippen LogP) is 1.41. The van der Waals surface area contributed by atoms with Gasteiger partial charge in [-0.25, -0.2) is 14.5 Å². The van der Waals surface area contributed by atoms with Crippen molar-refractivity contribution in [3.8, 4) is 0 Å². The van der Waals surface area contributed by atoms with Crippen molar-refractivity contribution in [3.63, 3.8) is 0 Å². The summed E-state index contributed by atoms with van der Waals surface area (Å²) in [5, 5.41) is 4.93. The summed E-state index contributed by atoms with van der Waals surface area (Å²) in [7, 11) is 1.62. The minimum absolute atomic E-state index is 0.0339. The van der Waals surface area contributed by atoms with Gasteiger partial charge in [-0.3, -0.25) is 9.36 Å². The third-order valence-corrected chi connectivity index (χ3v) is 5.59. The highest BCUT2D eigenvalue weighted by molar-refractivity contribution is 5.81. The van der Waals surface area contributed by atoms with Crippen molar-refractivity contribution in [1.82, 2.24) is 24.1 Å². The molecule has 1 fully saturated rings. The van der Waals surface area contributed by atoms with E-state index in [9.17, 15) is 4.79 Å². The highest BCUT2D eigenvalue weighted by Crippen LogP contribution is 2.24. The second kappa shape index (κ2) is 7.75. The van der Waals surface area contributed by atoms with Crippen molar-refractivity contribution < 1.29 is 4.74 Å². The molecule has 1 aliphatic rings. The van der Waals surface area contributed by atoms with Crippen molar-refractivity contribution in [2.24, 2.45) is 0 Å². The number of aromatic nitrogens is 5. The zero-order valence-electron chi connectivity index (χ0n) is 16.8. The third-order valence-electron chi connectivity index (χ3n) is 5.59. The second-order valence-corrected chi connectivity index (χ2v) is 7.32. The number of methoxy groups -OCH3 is 1. The molecule has 1 aliphatic heterocycles. The topological polar surface area (TPSA) is 80.8 Å². The maximum Gasteiger partial charge on any atom is 0.261 e. The van der Waals surface area contributed by atoms with E-state index in [-0.39, 0.29) is 5.56 Å². The van der Waals surface area contributed by atoms with Gasteiger partial charge in [0.05, 0.1) is 36.6 Å². The lowest BCUT2D eigenvalue weighted by atomic mass is 10.2. The van der Waals surface area contributed by atoms with E-state index in [1.807, 2.05) is 35.0 Å². The van der Waals surface area contributed by atoms with Gasteiger partial charge in [-0.2, -0.15) is 5.10 Å². The molecule has 30 heavy (non-hydrogen) atoms. The summed E-state index contributed by atoms with van der Waals surface area (Å²) in [6.07, 6.45) is 7.04. The van der Waals surface area contributed by atoms with Crippen LogP contribution < -0.4 is 15.4 Å². The van der Waals surface area contributed by atoms with Crippen LogP contribution in [-0.4, -0.2) is 64.0 Å². The summed E-state index contributed by atoms with van der Waals surface area (Å²) in [5.74, 6) is 0.964. The number of hydrogen-bond acceptors (Lipinski definition) is 7. The average Bonchev–Trinajstić information content (AvgIpc) is 3.28. The van der Waals surface area contributed by atoms with Crippen LogP contribution in [0.2, 0.25) is 0 Å². The quantitative estimate of drug-likeness (QED) is 0.497. The number of anilines is 2. The Balaban J connectivity index is 1.34. The molecule has 0 N–H and O–H groups in total. The molecular weight excluding hydrogens is 382 g/mol. The summed E-state index contributed by atoms with van der Waals surface area (Å²) in [6.45, 7) is 4.45. The van der Waals surface area contributed by atoms with Gasteiger partial charge in [0.2, 0.25) is 0 Å². The smallest absolute Gasteiger partial charge is 0.261 e. The Morgan fingerprint density at radius 2 is 1.87 bits per heavy atom. The number of rotatable bonds is 5. The molecule has 0 radical (unpaired) electrons. The standard InChI is InChI=1S/C21H23N7O2/c1-30-13-12-27-15-23-18-14-16(2-3-17(18)21(27)29)25-8-10-26(11-9-25)20-19-4-5-24-28(19)7-6-22-20/h2-7,14-15H,8-13H2,1H3. The minimum Gasteiger partial charge on any atom is -0.383 e. The number of hydrogen-bond donors (Lipinski definition) is 0. The van der Waals surface area contributed by atoms with E-state index in [0.29, 0.717) is 18.5 Å². The van der Waals surface area contributed by atoms with E-state index < -0.39 is 0 Å². The van der Waals surface area contributed by atoms with Crippen LogP contribution in [0.25, 0.3) is 16.4 Å². The van der Waals surface area contributed by atoms with Gasteiger partial charge >= 0.3 is 0 Å². The molecule has 0 amide bonds. The highest BCUT2D eigenvalue weighted by atomic mass is 16.5. The summed E-state index contributed by atoms with van der Waals surface area (Å²) >= 11 is 0. The fraction of sp³-hybridized carbons (Fsp3) is 0.333. The molecule has 5 rings (SSSR count). The van der Waals surface area contributed by atoms with Gasteiger partial charge in [0.25, 0.3) is 5.56 Å². The minimum atomic E-state index is -0.0339. The van der Waals surface area contributed by atoms with Crippen LogP contribution >= 0.6 is 0 Å². The van der Waals surface area contributed by atoms with Crippen molar-refractivity contribution in [2.45, 2.75) is 6.54 Å². The zero-order valence-corrected chi connectivity index (χ0v) is 16.8. The average molecular weight is 405 g/mol. The van der Waals surface area contributed by atoms with Gasteiger partial charge in [-0.1, -0.05) is 0 Å². The van der Waals surface area contributed by atoms with Crippen LogP contribution in [0.1, 0.15) is 0 Å². The van der Waals surface area contributed by atoms with E-state index >= 15 is 0 Å². The molecule has 4 heterocycles. The Bertz CT molecular complexity index is 1240. The van der Waals surface area contributed by atoms with Crippen LogP contribution in [0.15, 0.2) is 54.0 Å². The molecule has 1 saturated heterocycles. The van der Waals surface area contributed by atoms with Gasteiger partial charge in [0.1, 0.15) is 5.52 Å². The van der Waals surface area contributed by atoms with E-state index in [2.05, 4.69) is 24.9 Å². The van der Waals surface area contributed by atoms with Crippen LogP contribution in [0, 0.1) is 0 Å². The fourth-order valence-electron chi connectivity index (χ4n) is 3.96. The SMILES string of the molecule is COCCn1cnc2cc(N3CCN(c4nccn5nccc45)CC3)ccc2c1=O. The molecule has 0 atom stereocenters. The Kier molecular flexibility index (Phi) is 4.80. The molecule has 1 aromatic carbocycles. The fourth-order valence-corrected chi connectivity index (χ4v) is 3.96. The van der Waals surface area contributed by atoms with Crippen molar-refractivity contribution in [2.75, 3.05) is 49.7 Å². The van der Waals surface area contributed by atoms with Gasteiger partial charge < -0.3 is 14.5 Å². The molecule has 0 spiro atoms. The molecule has 3 aromatic heterocycles. The third kappa shape index (κ3) is 3.26. The molecule has 9 nitrogen and oxygen atoms in total. The largest absolute Gasteiger partial charge is 0.383 e. The molecule has 0 unspecified atom stereocenters. The normalized spacial score (nSPS) is 14.7. The first-order valence-corrected chi connectivity index (χ1v) is 10.0. The van der Waals surface area contributed by atoms with Gasteiger partial charge in [-0.15, -0.1) is 0 Å².